The first-order chi connectivity index (χ1) is 15.9. The zero-order valence-corrected chi connectivity index (χ0v) is 20.2. The van der Waals surface area contributed by atoms with Crippen LogP contribution in [-0.2, 0) is 20.9 Å². The summed E-state index contributed by atoms with van der Waals surface area (Å²) in [5, 5.41) is 0. The molecule has 2 aromatic carbocycles. The molecule has 0 saturated heterocycles. The molecule has 0 unspecified atom stereocenters. The van der Waals surface area contributed by atoms with Gasteiger partial charge in [-0.15, -0.1) is 0 Å². The number of nitrogens with zero attached hydrogens (tertiary/aromatic N) is 2. The van der Waals surface area contributed by atoms with Gasteiger partial charge in [-0.3, -0.25) is 9.59 Å². The number of ether oxygens (including phenoxy) is 4. The van der Waals surface area contributed by atoms with Gasteiger partial charge in [-0.25, -0.2) is 0 Å². The van der Waals surface area contributed by atoms with Gasteiger partial charge < -0.3 is 23.5 Å². The first kappa shape index (κ1) is 24.3. The molecule has 176 valence electrons. The number of carbonyl (C=O) groups is 2. The minimum atomic E-state index is -0.467. The molecule has 0 saturated carbocycles. The maximum Gasteiger partial charge on any atom is 0.326 e. The average Bonchev–Trinajstić information content (AvgIpc) is 3.12. The Bertz CT molecular complexity index is 1190. The van der Waals surface area contributed by atoms with Gasteiger partial charge in [0.05, 0.1) is 31.0 Å². The van der Waals surface area contributed by atoms with Gasteiger partial charge in [0.15, 0.2) is 22.9 Å². The van der Waals surface area contributed by atoms with Gasteiger partial charge >= 0.3 is 5.97 Å². The zero-order chi connectivity index (χ0) is 24.0. The highest BCUT2D eigenvalue weighted by Gasteiger charge is 2.16. The number of rotatable bonds is 9. The molecule has 0 fully saturated rings. The van der Waals surface area contributed by atoms with Crippen molar-refractivity contribution in [3.8, 4) is 17.2 Å². The lowest BCUT2D eigenvalue weighted by Gasteiger charge is -2.09. The highest BCUT2D eigenvalue weighted by atomic mass is 32.1. The number of hydrogen-bond donors (Lipinski definition) is 0. The van der Waals surface area contributed by atoms with Crippen molar-refractivity contribution in [3.63, 3.8) is 0 Å². The Labute approximate surface area is 196 Å². The van der Waals surface area contributed by atoms with E-state index in [0.29, 0.717) is 33.5 Å². The number of methoxy groups -OCH3 is 2. The Hall–Kier alpha value is -3.33. The number of fused-ring (bicyclic) bond motifs is 1. The number of carbonyl (C=O) groups excluding carboxylic acids is 2. The van der Waals surface area contributed by atoms with Crippen LogP contribution in [0.15, 0.2) is 41.4 Å². The van der Waals surface area contributed by atoms with Crippen LogP contribution in [0.25, 0.3) is 10.2 Å². The van der Waals surface area contributed by atoms with E-state index in [1.54, 1.807) is 30.7 Å². The van der Waals surface area contributed by atoms with Gasteiger partial charge in [0.2, 0.25) is 0 Å². The predicted octanol–water partition coefficient (Wildman–Crippen LogP) is 3.91. The van der Waals surface area contributed by atoms with Crippen LogP contribution >= 0.6 is 11.3 Å². The number of amides is 1. The highest BCUT2D eigenvalue weighted by Crippen LogP contribution is 2.33. The van der Waals surface area contributed by atoms with E-state index in [2.05, 4.69) is 18.8 Å². The third-order valence-corrected chi connectivity index (χ3v) is 5.95. The number of esters is 1. The molecule has 0 aliphatic carbocycles. The summed E-state index contributed by atoms with van der Waals surface area (Å²) >= 11 is 1.26. The fourth-order valence-corrected chi connectivity index (χ4v) is 4.26. The molecule has 0 aliphatic heterocycles. The monoisotopic (exact) mass is 472 g/mol. The molecule has 1 heterocycles. The van der Waals surface area contributed by atoms with E-state index in [0.717, 1.165) is 4.70 Å². The molecule has 1 aromatic heterocycles. The Morgan fingerprint density at radius 2 is 1.73 bits per heavy atom. The molecule has 0 bridgehead atoms. The summed E-state index contributed by atoms with van der Waals surface area (Å²) in [5.41, 5.74) is 1.87. The Morgan fingerprint density at radius 3 is 2.33 bits per heavy atom. The van der Waals surface area contributed by atoms with Crippen molar-refractivity contribution in [2.24, 2.45) is 4.99 Å². The molecule has 0 aliphatic rings. The van der Waals surface area contributed by atoms with Crippen LogP contribution in [0, 0.1) is 0 Å². The average molecular weight is 473 g/mol. The number of thiazole rings is 1. The van der Waals surface area contributed by atoms with Gasteiger partial charge in [-0.2, -0.15) is 4.99 Å². The van der Waals surface area contributed by atoms with Crippen molar-refractivity contribution in [3.05, 3.63) is 46.8 Å². The van der Waals surface area contributed by atoms with E-state index in [4.69, 9.17) is 18.9 Å². The largest absolute Gasteiger partial charge is 0.493 e. The first-order valence-corrected chi connectivity index (χ1v) is 11.4. The molecule has 9 heteroatoms. The first-order valence-electron chi connectivity index (χ1n) is 10.6. The van der Waals surface area contributed by atoms with Crippen molar-refractivity contribution in [2.45, 2.75) is 33.2 Å². The third kappa shape index (κ3) is 5.92. The lowest BCUT2D eigenvalue weighted by Crippen LogP contribution is -2.24. The molecule has 0 spiro atoms. The van der Waals surface area contributed by atoms with Crippen LogP contribution in [0.1, 0.15) is 32.3 Å². The molecule has 0 atom stereocenters. The number of aromatic nitrogens is 1. The lowest BCUT2D eigenvalue weighted by atomic mass is 10.0. The maximum atomic E-state index is 12.6. The van der Waals surface area contributed by atoms with Crippen molar-refractivity contribution in [1.82, 2.24) is 4.57 Å². The third-order valence-electron chi connectivity index (χ3n) is 4.91. The summed E-state index contributed by atoms with van der Waals surface area (Å²) in [5.74, 6) is 1.16. The van der Waals surface area contributed by atoms with Crippen LogP contribution in [-0.4, -0.2) is 43.9 Å². The standard InChI is InChI=1S/C24H28N2O6S/c1-6-31-23(28)13-26-18-11-19(29-4)20(30-5)12-21(18)33-24(26)25-22(27)14-32-17-9-7-16(8-10-17)15(2)3/h7-12,15H,6,13-14H2,1-5H3. The van der Waals surface area contributed by atoms with Crippen LogP contribution in [0.5, 0.6) is 17.2 Å². The Kier molecular flexibility index (Phi) is 8.11. The molecule has 33 heavy (non-hydrogen) atoms. The predicted molar refractivity (Wildman–Crippen MR) is 126 cm³/mol. The molecular formula is C24H28N2O6S. The summed E-state index contributed by atoms with van der Waals surface area (Å²) in [6, 6.07) is 11.2. The summed E-state index contributed by atoms with van der Waals surface area (Å²) in [6.45, 7) is 5.91. The normalized spacial score (nSPS) is 11.6. The SMILES string of the molecule is CCOC(=O)Cn1c(=NC(=O)COc2ccc(C(C)C)cc2)sc2cc(OC)c(OC)cc21. The quantitative estimate of drug-likeness (QED) is 0.439. The van der Waals surface area contributed by atoms with Crippen molar-refractivity contribution in [1.29, 1.82) is 0 Å². The minimum Gasteiger partial charge on any atom is -0.493 e. The van der Waals surface area contributed by atoms with Gasteiger partial charge in [0.25, 0.3) is 5.91 Å². The zero-order valence-electron chi connectivity index (χ0n) is 19.4. The van der Waals surface area contributed by atoms with Gasteiger partial charge in [-0.1, -0.05) is 37.3 Å². The fraction of sp³-hybridized carbons (Fsp3) is 0.375. The van der Waals surface area contributed by atoms with Crippen molar-refractivity contribution in [2.75, 3.05) is 27.4 Å². The summed E-state index contributed by atoms with van der Waals surface area (Å²) in [4.78, 5) is 29.4. The van der Waals surface area contributed by atoms with Crippen molar-refractivity contribution >= 4 is 33.4 Å². The fourth-order valence-electron chi connectivity index (χ4n) is 3.20. The minimum absolute atomic E-state index is 0.0903. The second-order valence-corrected chi connectivity index (χ2v) is 8.48. The summed E-state index contributed by atoms with van der Waals surface area (Å²) in [6.07, 6.45) is 0. The number of benzene rings is 2. The van der Waals surface area contributed by atoms with Gasteiger partial charge in [-0.05, 0) is 30.5 Å². The van der Waals surface area contributed by atoms with Crippen molar-refractivity contribution < 1.29 is 28.5 Å². The summed E-state index contributed by atoms with van der Waals surface area (Å²) in [7, 11) is 3.08. The van der Waals surface area contributed by atoms with Gasteiger partial charge in [0, 0.05) is 12.1 Å². The molecular weight excluding hydrogens is 444 g/mol. The molecule has 3 rings (SSSR count). The smallest absolute Gasteiger partial charge is 0.326 e. The second kappa shape index (κ2) is 11.0. The summed E-state index contributed by atoms with van der Waals surface area (Å²) < 4.78 is 23.9. The van der Waals surface area contributed by atoms with Gasteiger partial charge in [0.1, 0.15) is 12.3 Å². The van der Waals surface area contributed by atoms with Crippen LogP contribution in [0.2, 0.25) is 0 Å². The highest BCUT2D eigenvalue weighted by molar-refractivity contribution is 7.16. The van der Waals surface area contributed by atoms with Crippen LogP contribution in [0.3, 0.4) is 0 Å². The molecule has 3 aromatic rings. The topological polar surface area (TPSA) is 88.4 Å². The maximum absolute atomic E-state index is 12.6. The Balaban J connectivity index is 1.91. The molecule has 0 N–H and O–H groups in total. The second-order valence-electron chi connectivity index (χ2n) is 7.47. The Morgan fingerprint density at radius 1 is 1.06 bits per heavy atom. The lowest BCUT2D eigenvalue weighted by molar-refractivity contribution is -0.143. The van der Waals surface area contributed by atoms with E-state index in [9.17, 15) is 9.59 Å². The molecule has 1 amide bonds. The van der Waals surface area contributed by atoms with Crippen LogP contribution in [0.4, 0.5) is 0 Å². The van der Waals surface area contributed by atoms with E-state index < -0.39 is 11.9 Å². The van der Waals surface area contributed by atoms with E-state index in [1.165, 1.54) is 24.0 Å². The van der Waals surface area contributed by atoms with E-state index in [-0.39, 0.29) is 19.8 Å². The van der Waals surface area contributed by atoms with Crippen LogP contribution < -0.4 is 19.0 Å². The van der Waals surface area contributed by atoms with E-state index >= 15 is 0 Å². The number of hydrogen-bond acceptors (Lipinski definition) is 7. The van der Waals surface area contributed by atoms with E-state index in [1.807, 2.05) is 24.3 Å². The molecule has 0 radical (unpaired) electrons. The molecule has 8 nitrogen and oxygen atoms in total.